The summed E-state index contributed by atoms with van der Waals surface area (Å²) in [6.07, 6.45) is 2.45. The van der Waals surface area contributed by atoms with E-state index in [0.29, 0.717) is 0 Å². The van der Waals surface area contributed by atoms with Crippen molar-refractivity contribution in [2.75, 3.05) is 6.54 Å². The van der Waals surface area contributed by atoms with E-state index >= 15 is 0 Å². The monoisotopic (exact) mass is 247 g/mol. The van der Waals surface area contributed by atoms with E-state index in [1.54, 1.807) is 0 Å². The van der Waals surface area contributed by atoms with Gasteiger partial charge >= 0.3 is 0 Å². The molecule has 1 nitrogen and oxygen atoms in total. The molecule has 0 aliphatic heterocycles. The van der Waals surface area contributed by atoms with Crippen molar-refractivity contribution in [1.29, 1.82) is 0 Å². The molecule has 1 rings (SSSR count). The fourth-order valence-corrected chi connectivity index (χ4v) is 2.21. The van der Waals surface area contributed by atoms with E-state index in [9.17, 15) is 0 Å². The maximum absolute atomic E-state index is 3.58. The molecule has 0 aliphatic carbocycles. The molecule has 102 valence electrons. The van der Waals surface area contributed by atoms with E-state index in [-0.39, 0.29) is 5.54 Å². The molecule has 1 heteroatoms. The highest BCUT2D eigenvalue weighted by atomic mass is 14.9. The van der Waals surface area contributed by atoms with Crippen LogP contribution < -0.4 is 5.32 Å². The number of aryl methyl sites for hydroxylation is 3. The second kappa shape index (κ2) is 6.38. The van der Waals surface area contributed by atoms with E-state index in [1.807, 2.05) is 0 Å². The van der Waals surface area contributed by atoms with Gasteiger partial charge in [-0.1, -0.05) is 36.2 Å². The Morgan fingerprint density at radius 3 is 2.11 bits per heavy atom. The highest BCUT2D eigenvalue weighted by molar-refractivity contribution is 5.28. The summed E-state index contributed by atoms with van der Waals surface area (Å²) in [7, 11) is 0. The van der Waals surface area contributed by atoms with Crippen LogP contribution in [0, 0.1) is 19.8 Å². The maximum Gasteiger partial charge on any atom is 0.00966 e. The molecule has 0 aromatic heterocycles. The summed E-state index contributed by atoms with van der Waals surface area (Å²) >= 11 is 0. The molecule has 0 radical (unpaired) electrons. The Hall–Kier alpha value is -0.820. The molecule has 0 heterocycles. The van der Waals surface area contributed by atoms with Crippen LogP contribution in [0.1, 0.15) is 50.8 Å². The third-order valence-electron chi connectivity index (χ3n) is 3.19. The van der Waals surface area contributed by atoms with Crippen molar-refractivity contribution >= 4 is 0 Å². The molecule has 1 unspecified atom stereocenters. The topological polar surface area (TPSA) is 12.0 Å². The van der Waals surface area contributed by atoms with Crippen LogP contribution in [0.25, 0.3) is 0 Å². The molecule has 0 saturated carbocycles. The summed E-state index contributed by atoms with van der Waals surface area (Å²) in [5.41, 5.74) is 4.47. The van der Waals surface area contributed by atoms with Crippen molar-refractivity contribution < 1.29 is 0 Å². The highest BCUT2D eigenvalue weighted by Gasteiger charge is 2.11. The Kier molecular flexibility index (Phi) is 5.40. The molecular formula is C17H29N. The molecule has 18 heavy (non-hydrogen) atoms. The summed E-state index contributed by atoms with van der Waals surface area (Å²) in [6.45, 7) is 14.5. The van der Waals surface area contributed by atoms with Crippen molar-refractivity contribution in [3.8, 4) is 0 Å². The first-order chi connectivity index (χ1) is 8.26. The zero-order valence-electron chi connectivity index (χ0n) is 12.9. The van der Waals surface area contributed by atoms with Gasteiger partial charge in [0.15, 0.2) is 0 Å². The van der Waals surface area contributed by atoms with Gasteiger partial charge in [0.1, 0.15) is 0 Å². The van der Waals surface area contributed by atoms with Crippen LogP contribution in [0.3, 0.4) is 0 Å². The zero-order valence-corrected chi connectivity index (χ0v) is 12.9. The van der Waals surface area contributed by atoms with Gasteiger partial charge in [0.2, 0.25) is 0 Å². The molecule has 0 fully saturated rings. The molecular weight excluding hydrogens is 218 g/mol. The van der Waals surface area contributed by atoms with E-state index in [0.717, 1.165) is 12.5 Å². The lowest BCUT2D eigenvalue weighted by molar-refractivity contribution is 0.372. The van der Waals surface area contributed by atoms with Crippen LogP contribution in [0.4, 0.5) is 0 Å². The SMILES string of the molecule is Cc1cc(C)cc(CCC(C)CNC(C)(C)C)c1. The molecule has 0 spiro atoms. The maximum atomic E-state index is 3.58. The summed E-state index contributed by atoms with van der Waals surface area (Å²) in [4.78, 5) is 0. The zero-order chi connectivity index (χ0) is 13.8. The fourth-order valence-electron chi connectivity index (χ4n) is 2.21. The largest absolute Gasteiger partial charge is 0.312 e. The lowest BCUT2D eigenvalue weighted by atomic mass is 9.97. The number of rotatable bonds is 5. The minimum absolute atomic E-state index is 0.230. The van der Waals surface area contributed by atoms with Gasteiger partial charge in [0.25, 0.3) is 0 Å². The number of hydrogen-bond donors (Lipinski definition) is 1. The van der Waals surface area contributed by atoms with Gasteiger partial charge in [-0.15, -0.1) is 0 Å². The van der Waals surface area contributed by atoms with Crippen molar-refractivity contribution in [1.82, 2.24) is 5.32 Å². The van der Waals surface area contributed by atoms with E-state index < -0.39 is 0 Å². The lowest BCUT2D eigenvalue weighted by Gasteiger charge is -2.23. The molecule has 1 aromatic rings. The second-order valence-electron chi connectivity index (χ2n) is 6.77. The predicted molar refractivity (Wildman–Crippen MR) is 81.2 cm³/mol. The Labute approximate surface area is 113 Å². The van der Waals surface area contributed by atoms with Crippen molar-refractivity contribution in [3.63, 3.8) is 0 Å². The molecule has 1 N–H and O–H groups in total. The van der Waals surface area contributed by atoms with Gasteiger partial charge in [0, 0.05) is 5.54 Å². The Bertz CT molecular complexity index is 353. The second-order valence-corrected chi connectivity index (χ2v) is 6.77. The third kappa shape index (κ3) is 6.20. The first kappa shape index (κ1) is 15.2. The third-order valence-corrected chi connectivity index (χ3v) is 3.19. The summed E-state index contributed by atoms with van der Waals surface area (Å²) in [6, 6.07) is 6.88. The van der Waals surface area contributed by atoms with Crippen LogP contribution in [0.5, 0.6) is 0 Å². The van der Waals surface area contributed by atoms with Crippen molar-refractivity contribution in [2.45, 2.75) is 59.9 Å². The standard InChI is InChI=1S/C17H29N/c1-13(12-18-17(4,5)6)7-8-16-10-14(2)9-15(3)11-16/h9-11,13,18H,7-8,12H2,1-6H3. The number of nitrogens with one attached hydrogen (secondary N) is 1. The van der Waals surface area contributed by atoms with E-state index in [4.69, 9.17) is 0 Å². The van der Waals surface area contributed by atoms with Crippen molar-refractivity contribution in [2.24, 2.45) is 5.92 Å². The predicted octanol–water partition coefficient (Wildman–Crippen LogP) is 4.26. The minimum Gasteiger partial charge on any atom is -0.312 e. The van der Waals surface area contributed by atoms with Crippen LogP contribution in [0.2, 0.25) is 0 Å². The number of benzene rings is 1. The van der Waals surface area contributed by atoms with Crippen LogP contribution in [0.15, 0.2) is 18.2 Å². The Balaban J connectivity index is 2.40. The quantitative estimate of drug-likeness (QED) is 0.819. The Morgan fingerprint density at radius 2 is 1.61 bits per heavy atom. The summed E-state index contributed by atoms with van der Waals surface area (Å²) < 4.78 is 0. The molecule has 0 amide bonds. The van der Waals surface area contributed by atoms with Crippen LogP contribution in [-0.4, -0.2) is 12.1 Å². The minimum atomic E-state index is 0.230. The first-order valence-corrected chi connectivity index (χ1v) is 7.08. The van der Waals surface area contributed by atoms with Gasteiger partial charge in [-0.05, 0) is 65.5 Å². The van der Waals surface area contributed by atoms with Gasteiger partial charge in [-0.2, -0.15) is 0 Å². The average Bonchev–Trinajstić information content (AvgIpc) is 2.21. The van der Waals surface area contributed by atoms with Gasteiger partial charge in [-0.25, -0.2) is 0 Å². The number of hydrogen-bond acceptors (Lipinski definition) is 1. The van der Waals surface area contributed by atoms with E-state index in [2.05, 4.69) is 65.1 Å². The Morgan fingerprint density at radius 1 is 1.06 bits per heavy atom. The fraction of sp³-hybridized carbons (Fsp3) is 0.647. The molecule has 1 aromatic carbocycles. The van der Waals surface area contributed by atoms with Gasteiger partial charge in [0.05, 0.1) is 0 Å². The van der Waals surface area contributed by atoms with Crippen LogP contribution >= 0.6 is 0 Å². The van der Waals surface area contributed by atoms with E-state index in [1.165, 1.54) is 29.5 Å². The van der Waals surface area contributed by atoms with Crippen LogP contribution in [-0.2, 0) is 6.42 Å². The average molecular weight is 247 g/mol. The summed E-state index contributed by atoms with van der Waals surface area (Å²) in [5.74, 6) is 0.727. The van der Waals surface area contributed by atoms with Gasteiger partial charge in [-0.3, -0.25) is 0 Å². The normalized spacial score (nSPS) is 13.7. The van der Waals surface area contributed by atoms with Crippen molar-refractivity contribution in [3.05, 3.63) is 34.9 Å². The summed E-state index contributed by atoms with van der Waals surface area (Å²) in [5, 5.41) is 3.58. The smallest absolute Gasteiger partial charge is 0.00966 e. The first-order valence-electron chi connectivity index (χ1n) is 7.08. The molecule has 0 bridgehead atoms. The molecule has 0 saturated heterocycles. The van der Waals surface area contributed by atoms with Gasteiger partial charge < -0.3 is 5.32 Å². The highest BCUT2D eigenvalue weighted by Crippen LogP contribution is 2.14. The molecule has 1 atom stereocenters. The lowest BCUT2D eigenvalue weighted by Crippen LogP contribution is -2.38. The molecule has 0 aliphatic rings.